The fourth-order valence-electron chi connectivity index (χ4n) is 3.38. The molecule has 1 atom stereocenters. The lowest BCUT2D eigenvalue weighted by molar-refractivity contribution is 0.185. The van der Waals surface area contributed by atoms with Crippen LogP contribution in [0.2, 0.25) is 10.0 Å². The Morgan fingerprint density at radius 3 is 2.47 bits per heavy atom. The summed E-state index contributed by atoms with van der Waals surface area (Å²) in [6.45, 7) is 2.27. The van der Waals surface area contributed by atoms with E-state index in [0.29, 0.717) is 21.5 Å². The summed E-state index contributed by atoms with van der Waals surface area (Å²) in [5, 5.41) is 1.22. The van der Waals surface area contributed by atoms with Gasteiger partial charge in [-0.1, -0.05) is 49.0 Å². The normalized spacial score (nSPS) is 19.6. The van der Waals surface area contributed by atoms with Crippen LogP contribution in [0.25, 0.3) is 0 Å². The van der Waals surface area contributed by atoms with Gasteiger partial charge in [-0.15, -0.1) is 0 Å². The summed E-state index contributed by atoms with van der Waals surface area (Å²) >= 11 is 12.0. The van der Waals surface area contributed by atoms with E-state index in [1.54, 1.807) is 0 Å². The van der Waals surface area contributed by atoms with Gasteiger partial charge in [0.05, 0.1) is 10.0 Å². The molecule has 1 aliphatic rings. The van der Waals surface area contributed by atoms with E-state index < -0.39 is 0 Å². The second-order valence-corrected chi connectivity index (χ2v) is 6.41. The van der Waals surface area contributed by atoms with Crippen molar-refractivity contribution >= 4 is 23.2 Å². The number of nitrogens with one attached hydrogen (secondary N) is 1. The number of hydrazine groups is 1. The van der Waals surface area contributed by atoms with Gasteiger partial charge in [0, 0.05) is 6.04 Å². The van der Waals surface area contributed by atoms with Gasteiger partial charge in [-0.25, -0.2) is 0 Å². The Bertz CT molecular complexity index is 428. The van der Waals surface area contributed by atoms with Crippen molar-refractivity contribution in [3.63, 3.8) is 0 Å². The fourth-order valence-corrected chi connectivity index (χ4v) is 3.70. The summed E-state index contributed by atoms with van der Waals surface area (Å²) in [5.74, 6) is 5.82. The van der Waals surface area contributed by atoms with Gasteiger partial charge in [-0.05, 0) is 48.8 Å². The summed E-state index contributed by atoms with van der Waals surface area (Å²) in [7, 11) is 0. The van der Waals surface area contributed by atoms with Crippen LogP contribution < -0.4 is 11.3 Å². The molecule has 0 bridgehead atoms. The van der Waals surface area contributed by atoms with Crippen LogP contribution in [0.4, 0.5) is 0 Å². The van der Waals surface area contributed by atoms with Crippen LogP contribution >= 0.6 is 23.2 Å². The predicted molar refractivity (Wildman–Crippen MR) is 82.5 cm³/mol. The highest BCUT2D eigenvalue weighted by Gasteiger charge is 2.39. The van der Waals surface area contributed by atoms with E-state index in [1.165, 1.54) is 37.7 Å². The van der Waals surface area contributed by atoms with E-state index in [1.807, 2.05) is 18.2 Å². The summed E-state index contributed by atoms with van der Waals surface area (Å²) in [4.78, 5) is 0. The maximum atomic E-state index is 6.09. The lowest BCUT2D eigenvalue weighted by Crippen LogP contribution is -2.48. The Morgan fingerprint density at radius 1 is 1.26 bits per heavy atom. The summed E-state index contributed by atoms with van der Waals surface area (Å²) < 4.78 is 0. The zero-order valence-electron chi connectivity index (χ0n) is 11.4. The van der Waals surface area contributed by atoms with Gasteiger partial charge in [0.1, 0.15) is 0 Å². The summed E-state index contributed by atoms with van der Waals surface area (Å²) in [6, 6.07) is 6.15. The van der Waals surface area contributed by atoms with E-state index in [-0.39, 0.29) is 0 Å². The highest BCUT2D eigenvalue weighted by atomic mass is 35.5. The number of halogens is 2. The lowest BCUT2D eigenvalue weighted by Gasteiger charge is -2.36. The van der Waals surface area contributed by atoms with Crippen molar-refractivity contribution in [2.75, 3.05) is 0 Å². The molecule has 3 N–H and O–H groups in total. The molecule has 0 spiro atoms. The monoisotopic (exact) mass is 300 g/mol. The molecule has 2 rings (SSSR count). The third-order valence-corrected chi connectivity index (χ3v) is 5.41. The molecule has 1 unspecified atom stereocenters. The van der Waals surface area contributed by atoms with Crippen molar-refractivity contribution < 1.29 is 0 Å². The predicted octanol–water partition coefficient (Wildman–Crippen LogP) is 4.34. The molecule has 1 aromatic carbocycles. The number of hydrogen-bond acceptors (Lipinski definition) is 2. The summed E-state index contributed by atoms with van der Waals surface area (Å²) in [5.41, 5.74) is 4.57. The van der Waals surface area contributed by atoms with Gasteiger partial charge in [0.15, 0.2) is 0 Å². The van der Waals surface area contributed by atoms with E-state index >= 15 is 0 Å². The number of benzene rings is 1. The number of nitrogens with two attached hydrogens (primary N) is 1. The minimum Gasteiger partial charge on any atom is -0.271 e. The molecule has 1 saturated carbocycles. The maximum Gasteiger partial charge on any atom is 0.0595 e. The smallest absolute Gasteiger partial charge is 0.0595 e. The van der Waals surface area contributed by atoms with Crippen LogP contribution in [-0.2, 0) is 6.42 Å². The van der Waals surface area contributed by atoms with Gasteiger partial charge in [-0.2, -0.15) is 0 Å². The SMILES string of the molecule is CCC1(C(Cc2ccc(Cl)c(Cl)c2)NN)CCCC1. The molecule has 2 nitrogen and oxygen atoms in total. The molecule has 19 heavy (non-hydrogen) atoms. The first-order chi connectivity index (χ1) is 9.11. The number of hydrogen-bond donors (Lipinski definition) is 2. The van der Waals surface area contributed by atoms with Crippen molar-refractivity contribution in [3.8, 4) is 0 Å². The van der Waals surface area contributed by atoms with Crippen LogP contribution in [0.15, 0.2) is 18.2 Å². The Morgan fingerprint density at radius 2 is 1.95 bits per heavy atom. The molecule has 4 heteroatoms. The Kier molecular flexibility index (Phi) is 5.13. The van der Waals surface area contributed by atoms with E-state index in [2.05, 4.69) is 12.3 Å². The summed E-state index contributed by atoms with van der Waals surface area (Å²) in [6.07, 6.45) is 7.23. The molecule has 1 fully saturated rings. The second kappa shape index (κ2) is 6.45. The quantitative estimate of drug-likeness (QED) is 0.627. The second-order valence-electron chi connectivity index (χ2n) is 5.59. The van der Waals surface area contributed by atoms with Gasteiger partial charge >= 0.3 is 0 Å². The molecule has 0 saturated heterocycles. The average Bonchev–Trinajstić information content (AvgIpc) is 2.90. The Hall–Kier alpha value is -0.280. The molecule has 1 aliphatic carbocycles. The molecule has 0 amide bonds. The largest absolute Gasteiger partial charge is 0.271 e. The third kappa shape index (κ3) is 3.25. The third-order valence-electron chi connectivity index (χ3n) is 4.67. The topological polar surface area (TPSA) is 38.0 Å². The molecule has 0 radical (unpaired) electrons. The van der Waals surface area contributed by atoms with Crippen molar-refractivity contribution in [2.45, 2.75) is 51.5 Å². The van der Waals surface area contributed by atoms with Crippen molar-refractivity contribution in [1.29, 1.82) is 0 Å². The van der Waals surface area contributed by atoms with Crippen molar-refractivity contribution in [2.24, 2.45) is 11.3 Å². The van der Waals surface area contributed by atoms with Gasteiger partial charge in [-0.3, -0.25) is 11.3 Å². The van der Waals surface area contributed by atoms with E-state index in [9.17, 15) is 0 Å². The maximum absolute atomic E-state index is 6.09. The van der Waals surface area contributed by atoms with E-state index in [4.69, 9.17) is 29.0 Å². The van der Waals surface area contributed by atoms with E-state index in [0.717, 1.165) is 6.42 Å². The van der Waals surface area contributed by atoms with Crippen LogP contribution in [0.5, 0.6) is 0 Å². The van der Waals surface area contributed by atoms with Crippen LogP contribution in [-0.4, -0.2) is 6.04 Å². The number of rotatable bonds is 5. The van der Waals surface area contributed by atoms with Crippen molar-refractivity contribution in [3.05, 3.63) is 33.8 Å². The van der Waals surface area contributed by atoms with Crippen LogP contribution in [0.3, 0.4) is 0 Å². The average molecular weight is 301 g/mol. The first-order valence-corrected chi connectivity index (χ1v) is 7.77. The Balaban J connectivity index is 2.16. The van der Waals surface area contributed by atoms with Crippen molar-refractivity contribution in [1.82, 2.24) is 5.43 Å². The molecular weight excluding hydrogens is 279 g/mol. The first kappa shape index (κ1) is 15.1. The molecular formula is C15H22Cl2N2. The zero-order chi connectivity index (χ0) is 13.9. The minimum absolute atomic E-state index is 0.303. The van der Waals surface area contributed by atoms with Gasteiger partial charge in [0.2, 0.25) is 0 Å². The highest BCUT2D eigenvalue weighted by molar-refractivity contribution is 6.42. The molecule has 0 heterocycles. The molecule has 0 aromatic heterocycles. The Labute approximate surface area is 125 Å². The van der Waals surface area contributed by atoms with Crippen LogP contribution in [0.1, 0.15) is 44.6 Å². The standard InChI is InChI=1S/C15H22Cl2N2/c1-2-15(7-3-4-8-15)14(19-18)10-11-5-6-12(16)13(17)9-11/h5-6,9,14,19H,2-4,7-8,10,18H2,1H3. The molecule has 0 aliphatic heterocycles. The first-order valence-electron chi connectivity index (χ1n) is 7.01. The van der Waals surface area contributed by atoms with Gasteiger partial charge in [0.25, 0.3) is 0 Å². The van der Waals surface area contributed by atoms with Crippen LogP contribution in [0, 0.1) is 5.41 Å². The highest BCUT2D eigenvalue weighted by Crippen LogP contribution is 2.44. The van der Waals surface area contributed by atoms with Gasteiger partial charge < -0.3 is 0 Å². The zero-order valence-corrected chi connectivity index (χ0v) is 12.9. The minimum atomic E-state index is 0.303. The molecule has 1 aromatic rings. The molecule has 106 valence electrons. The lowest BCUT2D eigenvalue weighted by atomic mass is 9.74. The fraction of sp³-hybridized carbons (Fsp3) is 0.600.